The summed E-state index contributed by atoms with van der Waals surface area (Å²) in [5.74, 6) is -0.168. The molecule has 0 fully saturated rings. The van der Waals surface area contributed by atoms with Crippen LogP contribution in [0.1, 0.15) is 65.2 Å². The van der Waals surface area contributed by atoms with E-state index >= 15 is 0 Å². The molecule has 0 bridgehead atoms. The average Bonchev–Trinajstić information content (AvgIpc) is 2.41. The van der Waals surface area contributed by atoms with Gasteiger partial charge < -0.3 is 5.32 Å². The highest BCUT2D eigenvalue weighted by atomic mass is 19.1. The number of nitrogens with one attached hydrogen (secondary N) is 1. The Morgan fingerprint density at radius 2 is 1.42 bits per heavy atom. The van der Waals surface area contributed by atoms with E-state index in [9.17, 15) is 4.39 Å². The Morgan fingerprint density at radius 1 is 0.895 bits per heavy atom. The molecular weight excluding hydrogens is 237 g/mol. The van der Waals surface area contributed by atoms with Gasteiger partial charge in [-0.2, -0.15) is 0 Å². The largest absolute Gasteiger partial charge is 0.382 e. The number of anilines is 1. The fourth-order valence-electron chi connectivity index (χ4n) is 2.35. The van der Waals surface area contributed by atoms with Crippen molar-refractivity contribution >= 4 is 5.69 Å². The van der Waals surface area contributed by atoms with Crippen LogP contribution in [0, 0.1) is 5.82 Å². The molecule has 0 aromatic heterocycles. The molecule has 0 radical (unpaired) electrons. The fraction of sp³-hybridized carbons (Fsp3) is 0.647. The van der Waals surface area contributed by atoms with Gasteiger partial charge >= 0.3 is 0 Å². The summed E-state index contributed by atoms with van der Waals surface area (Å²) in [6.45, 7) is 4.47. The van der Waals surface area contributed by atoms with Crippen molar-refractivity contribution < 1.29 is 4.39 Å². The van der Waals surface area contributed by atoms with Gasteiger partial charge in [0.15, 0.2) is 0 Å². The summed E-state index contributed by atoms with van der Waals surface area (Å²) < 4.78 is 12.9. The van der Waals surface area contributed by atoms with E-state index in [0.717, 1.165) is 5.69 Å². The smallest absolute Gasteiger partial charge is 0.123 e. The first-order chi connectivity index (χ1) is 9.26. The van der Waals surface area contributed by atoms with Crippen molar-refractivity contribution in [3.8, 4) is 0 Å². The minimum atomic E-state index is -0.168. The molecule has 0 atom stereocenters. The topological polar surface area (TPSA) is 12.0 Å². The van der Waals surface area contributed by atoms with Crippen LogP contribution in [0.4, 0.5) is 10.1 Å². The third kappa shape index (κ3) is 7.19. The Labute approximate surface area is 117 Å². The maximum absolute atomic E-state index is 12.9. The first-order valence-corrected chi connectivity index (χ1v) is 7.78. The summed E-state index contributed by atoms with van der Waals surface area (Å²) in [6.07, 6.45) is 10.1. The second kappa shape index (κ2) is 9.82. The van der Waals surface area contributed by atoms with E-state index in [2.05, 4.69) is 19.2 Å². The second-order valence-corrected chi connectivity index (χ2v) is 5.34. The van der Waals surface area contributed by atoms with Gasteiger partial charge in [0.2, 0.25) is 0 Å². The number of hydrogen-bond donors (Lipinski definition) is 1. The Bertz CT molecular complexity index is 311. The summed E-state index contributed by atoms with van der Waals surface area (Å²) in [5.41, 5.74) is 1.04. The lowest BCUT2D eigenvalue weighted by Gasteiger charge is -2.20. The highest BCUT2D eigenvalue weighted by Gasteiger charge is 2.08. The third-order valence-corrected chi connectivity index (χ3v) is 3.53. The van der Waals surface area contributed by atoms with Gasteiger partial charge in [-0.05, 0) is 37.1 Å². The zero-order chi connectivity index (χ0) is 13.9. The quantitative estimate of drug-likeness (QED) is 0.530. The van der Waals surface area contributed by atoms with Gasteiger partial charge in [0.1, 0.15) is 5.82 Å². The lowest BCUT2D eigenvalue weighted by Crippen LogP contribution is -2.19. The lowest BCUT2D eigenvalue weighted by atomic mass is 10.0. The summed E-state index contributed by atoms with van der Waals surface area (Å²) >= 11 is 0. The number of hydrogen-bond acceptors (Lipinski definition) is 1. The normalized spacial score (nSPS) is 10.9. The molecule has 1 N–H and O–H groups in total. The van der Waals surface area contributed by atoms with Gasteiger partial charge in [0.25, 0.3) is 0 Å². The Balaban J connectivity index is 2.44. The van der Waals surface area contributed by atoms with Crippen LogP contribution in [0.15, 0.2) is 24.3 Å². The van der Waals surface area contributed by atoms with Crippen LogP contribution in [0.25, 0.3) is 0 Å². The minimum Gasteiger partial charge on any atom is -0.382 e. The molecule has 1 aromatic carbocycles. The predicted molar refractivity (Wildman–Crippen MR) is 82.1 cm³/mol. The molecule has 1 rings (SSSR count). The highest BCUT2D eigenvalue weighted by molar-refractivity contribution is 5.43. The van der Waals surface area contributed by atoms with Crippen molar-refractivity contribution in [1.29, 1.82) is 0 Å². The Morgan fingerprint density at radius 3 is 1.89 bits per heavy atom. The second-order valence-electron chi connectivity index (χ2n) is 5.34. The van der Waals surface area contributed by atoms with E-state index in [1.807, 2.05) is 12.1 Å². The van der Waals surface area contributed by atoms with Gasteiger partial charge in [-0.3, -0.25) is 0 Å². The minimum absolute atomic E-state index is 0.168. The van der Waals surface area contributed by atoms with E-state index in [0.29, 0.717) is 6.04 Å². The molecule has 19 heavy (non-hydrogen) atoms. The lowest BCUT2D eigenvalue weighted by molar-refractivity contribution is 0.526. The predicted octanol–water partition coefficient (Wildman–Crippen LogP) is 5.77. The third-order valence-electron chi connectivity index (χ3n) is 3.53. The van der Waals surface area contributed by atoms with E-state index in [1.165, 1.54) is 63.5 Å². The number of benzene rings is 1. The molecule has 0 aliphatic carbocycles. The Hall–Kier alpha value is -1.05. The van der Waals surface area contributed by atoms with Crippen LogP contribution < -0.4 is 5.32 Å². The molecular formula is C17H28FN. The maximum Gasteiger partial charge on any atom is 0.123 e. The maximum atomic E-state index is 12.9. The van der Waals surface area contributed by atoms with Crippen LogP contribution in [-0.2, 0) is 0 Å². The summed E-state index contributed by atoms with van der Waals surface area (Å²) in [5, 5.41) is 3.56. The van der Waals surface area contributed by atoms with Gasteiger partial charge in [0, 0.05) is 11.7 Å². The van der Waals surface area contributed by atoms with Gasteiger partial charge in [-0.25, -0.2) is 4.39 Å². The van der Waals surface area contributed by atoms with Crippen LogP contribution in [0.5, 0.6) is 0 Å². The molecule has 0 saturated heterocycles. The zero-order valence-electron chi connectivity index (χ0n) is 12.4. The van der Waals surface area contributed by atoms with Crippen molar-refractivity contribution in [1.82, 2.24) is 0 Å². The summed E-state index contributed by atoms with van der Waals surface area (Å²) in [4.78, 5) is 0. The van der Waals surface area contributed by atoms with E-state index < -0.39 is 0 Å². The van der Waals surface area contributed by atoms with Gasteiger partial charge in [-0.1, -0.05) is 52.4 Å². The van der Waals surface area contributed by atoms with Gasteiger partial charge in [-0.15, -0.1) is 0 Å². The van der Waals surface area contributed by atoms with E-state index in [1.54, 1.807) is 0 Å². The SMILES string of the molecule is CCCCCC(CCCCC)Nc1ccc(F)cc1. The average molecular weight is 265 g/mol. The molecule has 0 amide bonds. The zero-order valence-corrected chi connectivity index (χ0v) is 12.4. The molecule has 1 nitrogen and oxygen atoms in total. The number of rotatable bonds is 10. The summed E-state index contributed by atoms with van der Waals surface area (Å²) in [6, 6.07) is 7.25. The number of halogens is 1. The van der Waals surface area contributed by atoms with Crippen LogP contribution in [-0.4, -0.2) is 6.04 Å². The van der Waals surface area contributed by atoms with E-state index in [4.69, 9.17) is 0 Å². The van der Waals surface area contributed by atoms with Crippen molar-refractivity contribution in [2.45, 2.75) is 71.3 Å². The van der Waals surface area contributed by atoms with Crippen molar-refractivity contribution in [3.63, 3.8) is 0 Å². The fourth-order valence-corrected chi connectivity index (χ4v) is 2.35. The molecule has 0 heterocycles. The first kappa shape index (κ1) is 16.0. The first-order valence-electron chi connectivity index (χ1n) is 7.78. The van der Waals surface area contributed by atoms with Crippen molar-refractivity contribution in [3.05, 3.63) is 30.1 Å². The molecule has 0 aliphatic rings. The van der Waals surface area contributed by atoms with E-state index in [-0.39, 0.29) is 5.82 Å². The standard InChI is InChI=1S/C17H28FN/c1-3-5-7-9-16(10-8-6-4-2)19-17-13-11-15(18)12-14-17/h11-14,16,19H,3-10H2,1-2H3. The monoisotopic (exact) mass is 265 g/mol. The van der Waals surface area contributed by atoms with Crippen molar-refractivity contribution in [2.75, 3.05) is 5.32 Å². The van der Waals surface area contributed by atoms with Gasteiger partial charge in [0.05, 0.1) is 0 Å². The Kier molecular flexibility index (Phi) is 8.28. The van der Waals surface area contributed by atoms with Crippen LogP contribution in [0.2, 0.25) is 0 Å². The molecule has 108 valence electrons. The summed E-state index contributed by atoms with van der Waals surface area (Å²) in [7, 11) is 0. The molecule has 1 aromatic rings. The van der Waals surface area contributed by atoms with Crippen LogP contribution >= 0.6 is 0 Å². The van der Waals surface area contributed by atoms with Crippen molar-refractivity contribution in [2.24, 2.45) is 0 Å². The molecule has 0 spiro atoms. The molecule has 0 unspecified atom stereocenters. The molecule has 0 saturated carbocycles. The van der Waals surface area contributed by atoms with Crippen LogP contribution in [0.3, 0.4) is 0 Å². The molecule has 0 aliphatic heterocycles. The molecule has 2 heteroatoms. The highest BCUT2D eigenvalue weighted by Crippen LogP contribution is 2.17. The number of unbranched alkanes of at least 4 members (excludes halogenated alkanes) is 4.